The smallest absolute Gasteiger partial charge is 0.119 e. The van der Waals surface area contributed by atoms with E-state index in [9.17, 15) is 0 Å². The first-order chi connectivity index (χ1) is 11.5. The van der Waals surface area contributed by atoms with Crippen LogP contribution in [0.1, 0.15) is 36.5 Å². The number of nitrogen functional groups attached to an aromatic ring is 1. The van der Waals surface area contributed by atoms with Gasteiger partial charge in [-0.15, -0.1) is 11.8 Å². The zero-order chi connectivity index (χ0) is 17.2. The summed E-state index contributed by atoms with van der Waals surface area (Å²) in [6.07, 6.45) is 2.24. The Bertz CT molecular complexity index is 697. The summed E-state index contributed by atoms with van der Waals surface area (Å²) in [7, 11) is 0. The SMILES string of the molecule is CCC1(c2ccc(C)cc2N)CC(COc2ccc(C)cc2)CS1. The first-order valence-corrected chi connectivity index (χ1v) is 9.71. The van der Waals surface area contributed by atoms with Crippen LogP contribution in [0.3, 0.4) is 0 Å². The first-order valence-electron chi connectivity index (χ1n) is 8.72. The second kappa shape index (κ2) is 7.10. The van der Waals surface area contributed by atoms with E-state index in [4.69, 9.17) is 10.5 Å². The number of hydrogen-bond donors (Lipinski definition) is 1. The molecule has 3 heteroatoms. The van der Waals surface area contributed by atoms with Crippen molar-refractivity contribution >= 4 is 17.4 Å². The van der Waals surface area contributed by atoms with Gasteiger partial charge in [0.15, 0.2) is 0 Å². The molecular weight excluding hydrogens is 314 g/mol. The number of ether oxygens (including phenoxy) is 1. The highest BCUT2D eigenvalue weighted by atomic mass is 32.2. The van der Waals surface area contributed by atoms with Crippen LogP contribution in [-0.4, -0.2) is 12.4 Å². The number of hydrogen-bond acceptors (Lipinski definition) is 3. The van der Waals surface area contributed by atoms with Crippen LogP contribution in [0, 0.1) is 19.8 Å². The largest absolute Gasteiger partial charge is 0.493 e. The average Bonchev–Trinajstić information content (AvgIpc) is 2.99. The van der Waals surface area contributed by atoms with Crippen molar-refractivity contribution in [3.05, 3.63) is 59.2 Å². The van der Waals surface area contributed by atoms with Gasteiger partial charge in [0.05, 0.1) is 6.61 Å². The molecule has 2 unspecified atom stereocenters. The highest BCUT2D eigenvalue weighted by Crippen LogP contribution is 2.53. The summed E-state index contributed by atoms with van der Waals surface area (Å²) in [6, 6.07) is 14.8. The van der Waals surface area contributed by atoms with Crippen LogP contribution in [0.4, 0.5) is 5.69 Å². The topological polar surface area (TPSA) is 35.2 Å². The van der Waals surface area contributed by atoms with E-state index in [1.54, 1.807) is 0 Å². The maximum absolute atomic E-state index is 6.34. The van der Waals surface area contributed by atoms with Crippen LogP contribution in [-0.2, 0) is 4.75 Å². The third-order valence-electron chi connectivity index (χ3n) is 4.99. The molecule has 24 heavy (non-hydrogen) atoms. The van der Waals surface area contributed by atoms with Gasteiger partial charge in [-0.3, -0.25) is 0 Å². The maximum Gasteiger partial charge on any atom is 0.119 e. The predicted molar refractivity (Wildman–Crippen MR) is 105 cm³/mol. The summed E-state index contributed by atoms with van der Waals surface area (Å²) in [6.45, 7) is 7.25. The summed E-state index contributed by atoms with van der Waals surface area (Å²) in [5, 5.41) is 0. The quantitative estimate of drug-likeness (QED) is 0.747. The Morgan fingerprint density at radius 1 is 1.12 bits per heavy atom. The lowest BCUT2D eigenvalue weighted by molar-refractivity contribution is 0.249. The van der Waals surface area contributed by atoms with Crippen molar-refractivity contribution in [3.8, 4) is 5.75 Å². The monoisotopic (exact) mass is 341 g/mol. The Kier molecular flexibility index (Phi) is 5.09. The Morgan fingerprint density at radius 3 is 2.50 bits per heavy atom. The molecule has 1 heterocycles. The van der Waals surface area contributed by atoms with Gasteiger partial charge in [-0.1, -0.05) is 36.8 Å². The summed E-state index contributed by atoms with van der Waals surface area (Å²) in [5.74, 6) is 2.67. The van der Waals surface area contributed by atoms with Crippen LogP contribution >= 0.6 is 11.8 Å². The molecule has 2 N–H and O–H groups in total. The molecule has 1 saturated heterocycles. The second-order valence-electron chi connectivity index (χ2n) is 6.94. The molecule has 1 aliphatic rings. The third kappa shape index (κ3) is 3.56. The number of nitrogens with two attached hydrogens (primary N) is 1. The van der Waals surface area contributed by atoms with Crippen molar-refractivity contribution in [2.24, 2.45) is 5.92 Å². The molecule has 3 rings (SSSR count). The van der Waals surface area contributed by atoms with E-state index in [0.29, 0.717) is 5.92 Å². The van der Waals surface area contributed by atoms with Crippen molar-refractivity contribution in [2.75, 3.05) is 18.1 Å². The van der Waals surface area contributed by atoms with Crippen LogP contribution in [0.15, 0.2) is 42.5 Å². The molecule has 0 amide bonds. The molecule has 2 aromatic rings. The molecule has 0 aromatic heterocycles. The van der Waals surface area contributed by atoms with Gasteiger partial charge in [0, 0.05) is 22.1 Å². The van der Waals surface area contributed by atoms with Gasteiger partial charge in [-0.2, -0.15) is 0 Å². The molecular formula is C21H27NOS. The van der Waals surface area contributed by atoms with Gasteiger partial charge in [-0.25, -0.2) is 0 Å². The molecule has 0 bridgehead atoms. The normalized spacial score (nSPS) is 23.4. The van der Waals surface area contributed by atoms with Gasteiger partial charge in [-0.05, 0) is 56.0 Å². The standard InChI is InChI=1S/C21H27NOS/c1-4-21(19-10-7-16(3)11-20(19)22)12-17(14-24-21)13-23-18-8-5-15(2)6-9-18/h5-11,17H,4,12-14,22H2,1-3H3. The molecule has 128 valence electrons. The van der Waals surface area contributed by atoms with Gasteiger partial charge >= 0.3 is 0 Å². The van der Waals surface area contributed by atoms with Crippen molar-refractivity contribution < 1.29 is 4.74 Å². The van der Waals surface area contributed by atoms with Gasteiger partial charge in [0.25, 0.3) is 0 Å². The molecule has 1 fully saturated rings. The molecule has 0 aliphatic carbocycles. The number of rotatable bonds is 5. The summed E-state index contributed by atoms with van der Waals surface area (Å²) in [5.41, 5.74) is 11.1. The summed E-state index contributed by atoms with van der Waals surface area (Å²) >= 11 is 2.05. The molecule has 2 atom stereocenters. The van der Waals surface area contributed by atoms with E-state index in [-0.39, 0.29) is 4.75 Å². The lowest BCUT2D eigenvalue weighted by atomic mass is 9.86. The van der Waals surface area contributed by atoms with E-state index >= 15 is 0 Å². The van der Waals surface area contributed by atoms with Crippen LogP contribution in [0.25, 0.3) is 0 Å². The summed E-state index contributed by atoms with van der Waals surface area (Å²) < 4.78 is 6.16. The minimum Gasteiger partial charge on any atom is -0.493 e. The maximum atomic E-state index is 6.34. The van der Waals surface area contributed by atoms with Gasteiger partial charge in [0.2, 0.25) is 0 Å². The number of thioether (sulfide) groups is 1. The summed E-state index contributed by atoms with van der Waals surface area (Å²) in [4.78, 5) is 0. The van der Waals surface area contributed by atoms with E-state index in [2.05, 4.69) is 63.2 Å². The van der Waals surface area contributed by atoms with E-state index in [1.165, 1.54) is 16.7 Å². The number of benzene rings is 2. The lowest BCUT2D eigenvalue weighted by Crippen LogP contribution is -2.22. The Hall–Kier alpha value is -1.61. The van der Waals surface area contributed by atoms with Gasteiger partial charge < -0.3 is 10.5 Å². The zero-order valence-electron chi connectivity index (χ0n) is 14.8. The number of aryl methyl sites for hydroxylation is 2. The minimum atomic E-state index is 0.138. The zero-order valence-corrected chi connectivity index (χ0v) is 15.7. The molecule has 2 nitrogen and oxygen atoms in total. The van der Waals surface area contributed by atoms with Crippen LogP contribution in [0.2, 0.25) is 0 Å². The fourth-order valence-corrected chi connectivity index (χ4v) is 5.21. The minimum absolute atomic E-state index is 0.138. The highest BCUT2D eigenvalue weighted by molar-refractivity contribution is 8.00. The fourth-order valence-electron chi connectivity index (χ4n) is 3.54. The van der Waals surface area contributed by atoms with Crippen LogP contribution < -0.4 is 10.5 Å². The Labute approximate surface area is 149 Å². The molecule has 2 aromatic carbocycles. The van der Waals surface area contributed by atoms with Gasteiger partial charge in [0.1, 0.15) is 5.75 Å². The third-order valence-corrected chi connectivity index (χ3v) is 6.86. The number of anilines is 1. The van der Waals surface area contributed by atoms with Crippen molar-refractivity contribution in [3.63, 3.8) is 0 Å². The van der Waals surface area contributed by atoms with E-state index in [0.717, 1.165) is 36.6 Å². The lowest BCUT2D eigenvalue weighted by Gasteiger charge is -2.29. The van der Waals surface area contributed by atoms with Crippen molar-refractivity contribution in [1.82, 2.24) is 0 Å². The van der Waals surface area contributed by atoms with Crippen molar-refractivity contribution in [2.45, 2.75) is 38.4 Å². The molecule has 0 spiro atoms. The molecule has 0 saturated carbocycles. The Morgan fingerprint density at radius 2 is 1.83 bits per heavy atom. The average molecular weight is 342 g/mol. The highest BCUT2D eigenvalue weighted by Gasteiger charge is 2.41. The second-order valence-corrected chi connectivity index (χ2v) is 8.35. The molecule has 1 aliphatic heterocycles. The van der Waals surface area contributed by atoms with Crippen LogP contribution in [0.5, 0.6) is 5.75 Å². The first kappa shape index (κ1) is 17.2. The van der Waals surface area contributed by atoms with E-state index in [1.807, 2.05) is 11.8 Å². The van der Waals surface area contributed by atoms with E-state index < -0.39 is 0 Å². The predicted octanol–water partition coefficient (Wildman–Crippen LogP) is 5.32. The molecule has 0 radical (unpaired) electrons. The Balaban J connectivity index is 1.68. The van der Waals surface area contributed by atoms with Crippen molar-refractivity contribution in [1.29, 1.82) is 0 Å². The fraction of sp³-hybridized carbons (Fsp3) is 0.429.